The molecule has 0 bridgehead atoms. The molecule has 2 aliphatic rings. The molecule has 7 nitrogen and oxygen atoms in total. The van der Waals surface area contributed by atoms with Gasteiger partial charge in [-0.3, -0.25) is 9.69 Å². The van der Waals surface area contributed by atoms with Gasteiger partial charge in [-0.1, -0.05) is 0 Å². The molecule has 3 rings (SSSR count). The van der Waals surface area contributed by atoms with Gasteiger partial charge in [-0.2, -0.15) is 0 Å². The van der Waals surface area contributed by atoms with Crippen LogP contribution in [0, 0.1) is 5.41 Å². The van der Waals surface area contributed by atoms with Crippen LogP contribution < -0.4 is 5.32 Å². The van der Waals surface area contributed by atoms with Gasteiger partial charge in [-0.25, -0.2) is 4.79 Å². The van der Waals surface area contributed by atoms with E-state index < -0.39 is 0 Å². The SMILES string of the molecule is CC(C)NC(=O)N1CCN(Cc2ccco2)CC2(CC(=O)N(C)C2)C1. The van der Waals surface area contributed by atoms with Gasteiger partial charge in [0.2, 0.25) is 5.91 Å². The number of nitrogens with zero attached hydrogens (tertiary/aromatic N) is 3. The average molecular weight is 348 g/mol. The number of hydrogen-bond donors (Lipinski definition) is 1. The average Bonchev–Trinajstić information content (AvgIpc) is 3.06. The molecular formula is C18H28N4O3. The van der Waals surface area contributed by atoms with Gasteiger partial charge in [-0.05, 0) is 26.0 Å². The Morgan fingerprint density at radius 1 is 1.32 bits per heavy atom. The number of nitrogens with one attached hydrogen (secondary N) is 1. The second-order valence-corrected chi connectivity index (χ2v) is 7.74. The first kappa shape index (κ1) is 17.8. The summed E-state index contributed by atoms with van der Waals surface area (Å²) in [5.74, 6) is 1.07. The highest BCUT2D eigenvalue weighted by atomic mass is 16.3. The van der Waals surface area contributed by atoms with Crippen molar-refractivity contribution in [2.24, 2.45) is 5.41 Å². The van der Waals surface area contributed by atoms with Crippen LogP contribution >= 0.6 is 0 Å². The molecule has 1 aromatic heterocycles. The van der Waals surface area contributed by atoms with E-state index in [1.807, 2.05) is 37.9 Å². The number of likely N-dealkylation sites (tertiary alicyclic amines) is 1. The first-order valence-electron chi connectivity index (χ1n) is 8.91. The summed E-state index contributed by atoms with van der Waals surface area (Å²) in [6.45, 7) is 8.12. The van der Waals surface area contributed by atoms with Crippen LogP contribution in [0.25, 0.3) is 0 Å². The monoisotopic (exact) mass is 348 g/mol. The molecule has 1 spiro atoms. The van der Waals surface area contributed by atoms with Crippen molar-refractivity contribution in [3.63, 3.8) is 0 Å². The van der Waals surface area contributed by atoms with Gasteiger partial charge < -0.3 is 19.5 Å². The summed E-state index contributed by atoms with van der Waals surface area (Å²) in [6, 6.07) is 3.90. The summed E-state index contributed by atoms with van der Waals surface area (Å²) in [5.41, 5.74) is -0.219. The van der Waals surface area contributed by atoms with Gasteiger partial charge in [-0.15, -0.1) is 0 Å². The molecule has 0 aromatic carbocycles. The fraction of sp³-hybridized carbons (Fsp3) is 0.667. The van der Waals surface area contributed by atoms with E-state index in [0.717, 1.165) is 18.8 Å². The van der Waals surface area contributed by atoms with Crippen molar-refractivity contribution in [1.29, 1.82) is 0 Å². The molecule has 3 amide bonds. The first-order chi connectivity index (χ1) is 11.9. The molecule has 1 unspecified atom stereocenters. The van der Waals surface area contributed by atoms with Crippen molar-refractivity contribution in [3.05, 3.63) is 24.2 Å². The second kappa shape index (κ2) is 7.07. The van der Waals surface area contributed by atoms with Crippen molar-refractivity contribution < 1.29 is 14.0 Å². The zero-order valence-electron chi connectivity index (χ0n) is 15.3. The molecule has 25 heavy (non-hydrogen) atoms. The lowest BCUT2D eigenvalue weighted by molar-refractivity contribution is -0.126. The number of carbonyl (C=O) groups is 2. The predicted molar refractivity (Wildman–Crippen MR) is 93.9 cm³/mol. The minimum atomic E-state index is -0.219. The molecule has 2 aliphatic heterocycles. The number of carbonyl (C=O) groups excluding carboxylic acids is 2. The maximum absolute atomic E-state index is 12.6. The van der Waals surface area contributed by atoms with Crippen LogP contribution in [-0.2, 0) is 11.3 Å². The third-order valence-electron chi connectivity index (χ3n) is 4.95. The van der Waals surface area contributed by atoms with Gasteiger partial charge in [0.25, 0.3) is 0 Å². The molecule has 0 aliphatic carbocycles. The standard InChI is InChI=1S/C18H28N4O3/c1-14(2)19-17(24)22-7-6-21(10-15-5-4-8-25-15)12-18(13-22)9-16(23)20(3)11-18/h4-5,8,14H,6-7,9-13H2,1-3H3,(H,19,24). The lowest BCUT2D eigenvalue weighted by Crippen LogP contribution is -2.48. The zero-order valence-corrected chi connectivity index (χ0v) is 15.3. The van der Waals surface area contributed by atoms with Gasteiger partial charge in [0.1, 0.15) is 5.76 Å². The number of furan rings is 1. The van der Waals surface area contributed by atoms with E-state index in [0.29, 0.717) is 32.6 Å². The van der Waals surface area contributed by atoms with E-state index in [-0.39, 0.29) is 23.4 Å². The van der Waals surface area contributed by atoms with Crippen LogP contribution in [0.1, 0.15) is 26.0 Å². The Kier molecular flexibility index (Phi) is 5.03. The lowest BCUT2D eigenvalue weighted by atomic mass is 9.86. The molecule has 3 heterocycles. The largest absolute Gasteiger partial charge is 0.468 e. The zero-order chi connectivity index (χ0) is 18.0. The molecule has 2 saturated heterocycles. The Labute approximate surface area is 148 Å². The Bertz CT molecular complexity index is 616. The highest BCUT2D eigenvalue weighted by Crippen LogP contribution is 2.34. The first-order valence-corrected chi connectivity index (χ1v) is 8.91. The molecule has 1 atom stereocenters. The second-order valence-electron chi connectivity index (χ2n) is 7.74. The molecule has 1 N–H and O–H groups in total. The van der Waals surface area contributed by atoms with Crippen molar-refractivity contribution in [2.45, 2.75) is 32.9 Å². The Hall–Kier alpha value is -2.02. The minimum absolute atomic E-state index is 0.0452. The number of hydrogen-bond acceptors (Lipinski definition) is 4. The molecular weight excluding hydrogens is 320 g/mol. The normalized spacial score (nSPS) is 25.0. The van der Waals surface area contributed by atoms with E-state index in [4.69, 9.17) is 4.42 Å². The Morgan fingerprint density at radius 2 is 2.12 bits per heavy atom. The minimum Gasteiger partial charge on any atom is -0.468 e. The summed E-state index contributed by atoms with van der Waals surface area (Å²) < 4.78 is 5.49. The van der Waals surface area contributed by atoms with Crippen LogP contribution in [-0.4, -0.2) is 72.5 Å². The molecule has 0 saturated carbocycles. The summed E-state index contributed by atoms with van der Waals surface area (Å²) in [7, 11) is 1.84. The maximum atomic E-state index is 12.6. The fourth-order valence-corrected chi connectivity index (χ4v) is 3.93. The third kappa shape index (κ3) is 4.15. The van der Waals surface area contributed by atoms with Crippen molar-refractivity contribution in [3.8, 4) is 0 Å². The van der Waals surface area contributed by atoms with E-state index in [2.05, 4.69) is 10.2 Å². The van der Waals surface area contributed by atoms with Crippen LogP contribution in [0.2, 0.25) is 0 Å². The summed E-state index contributed by atoms with van der Waals surface area (Å²) in [5, 5.41) is 2.98. The van der Waals surface area contributed by atoms with Crippen LogP contribution in [0.3, 0.4) is 0 Å². The van der Waals surface area contributed by atoms with E-state index in [9.17, 15) is 9.59 Å². The molecule has 138 valence electrons. The predicted octanol–water partition coefficient (Wildman–Crippen LogP) is 1.36. The number of amides is 3. The third-order valence-corrected chi connectivity index (χ3v) is 4.95. The quantitative estimate of drug-likeness (QED) is 0.896. The lowest BCUT2D eigenvalue weighted by Gasteiger charge is -2.33. The van der Waals surface area contributed by atoms with Crippen molar-refractivity contribution in [2.75, 3.05) is 39.8 Å². The van der Waals surface area contributed by atoms with Gasteiger partial charge in [0, 0.05) is 57.6 Å². The summed E-state index contributed by atoms with van der Waals surface area (Å²) in [6.07, 6.45) is 2.17. The van der Waals surface area contributed by atoms with E-state index >= 15 is 0 Å². The van der Waals surface area contributed by atoms with E-state index in [1.54, 1.807) is 11.2 Å². The Balaban J connectivity index is 1.78. The smallest absolute Gasteiger partial charge is 0.317 e. The summed E-state index contributed by atoms with van der Waals surface area (Å²) in [4.78, 5) is 30.7. The van der Waals surface area contributed by atoms with Gasteiger partial charge >= 0.3 is 6.03 Å². The summed E-state index contributed by atoms with van der Waals surface area (Å²) >= 11 is 0. The van der Waals surface area contributed by atoms with Crippen LogP contribution in [0.4, 0.5) is 4.79 Å². The van der Waals surface area contributed by atoms with Crippen LogP contribution in [0.15, 0.2) is 22.8 Å². The highest BCUT2D eigenvalue weighted by Gasteiger charge is 2.46. The topological polar surface area (TPSA) is 69.0 Å². The van der Waals surface area contributed by atoms with E-state index in [1.165, 1.54) is 0 Å². The molecule has 7 heteroatoms. The number of rotatable bonds is 3. The van der Waals surface area contributed by atoms with Crippen molar-refractivity contribution >= 4 is 11.9 Å². The molecule has 2 fully saturated rings. The molecule has 0 radical (unpaired) electrons. The Morgan fingerprint density at radius 3 is 2.72 bits per heavy atom. The maximum Gasteiger partial charge on any atom is 0.317 e. The van der Waals surface area contributed by atoms with Crippen LogP contribution in [0.5, 0.6) is 0 Å². The highest BCUT2D eigenvalue weighted by molar-refractivity contribution is 5.80. The van der Waals surface area contributed by atoms with Gasteiger partial charge in [0.15, 0.2) is 0 Å². The molecule has 1 aromatic rings. The number of urea groups is 1. The van der Waals surface area contributed by atoms with Crippen molar-refractivity contribution in [1.82, 2.24) is 20.0 Å². The fourth-order valence-electron chi connectivity index (χ4n) is 3.93. The van der Waals surface area contributed by atoms with Gasteiger partial charge in [0.05, 0.1) is 12.8 Å².